The molecule has 108 valence electrons. The minimum absolute atomic E-state index is 0.0321. The van der Waals surface area contributed by atoms with Crippen molar-refractivity contribution in [2.45, 2.75) is 38.6 Å². The molecule has 1 fully saturated rings. The van der Waals surface area contributed by atoms with Gasteiger partial charge in [0.15, 0.2) is 0 Å². The number of rotatable bonds is 3. The van der Waals surface area contributed by atoms with Crippen molar-refractivity contribution in [3.63, 3.8) is 0 Å². The topological polar surface area (TPSA) is 75.4 Å². The first-order chi connectivity index (χ1) is 9.61. The molecule has 0 spiro atoms. The molecule has 3 N–H and O–H groups in total. The van der Waals surface area contributed by atoms with Crippen LogP contribution in [0.3, 0.4) is 0 Å². The molecule has 1 aromatic rings. The number of nitrogens with zero attached hydrogens (tertiary/aromatic N) is 1. The number of primary amides is 1. The zero-order valence-corrected chi connectivity index (χ0v) is 11.8. The van der Waals surface area contributed by atoms with Gasteiger partial charge in [0, 0.05) is 23.8 Å². The Bertz CT molecular complexity index is 502. The predicted molar refractivity (Wildman–Crippen MR) is 78.6 cm³/mol. The van der Waals surface area contributed by atoms with Crippen molar-refractivity contribution in [2.75, 3.05) is 11.9 Å². The summed E-state index contributed by atoms with van der Waals surface area (Å²) in [6.07, 6.45) is 4.29. The van der Waals surface area contributed by atoms with E-state index in [4.69, 9.17) is 5.73 Å². The highest BCUT2D eigenvalue weighted by Gasteiger charge is 2.26. The van der Waals surface area contributed by atoms with Gasteiger partial charge in [-0.1, -0.05) is 13.0 Å². The smallest absolute Gasteiger partial charge is 0.316 e. The molecule has 0 aromatic heterocycles. The fourth-order valence-corrected chi connectivity index (χ4v) is 2.73. The van der Waals surface area contributed by atoms with E-state index in [9.17, 15) is 9.59 Å². The molecule has 1 aliphatic rings. The van der Waals surface area contributed by atoms with Crippen molar-refractivity contribution in [1.29, 1.82) is 0 Å². The van der Waals surface area contributed by atoms with E-state index in [0.717, 1.165) is 25.8 Å². The molecule has 20 heavy (non-hydrogen) atoms. The molecule has 1 atom stereocenters. The molecule has 1 heterocycles. The summed E-state index contributed by atoms with van der Waals surface area (Å²) in [5, 5.41) is 2.50. The Morgan fingerprint density at radius 3 is 2.90 bits per heavy atom. The molecule has 1 unspecified atom stereocenters. The number of amides is 3. The van der Waals surface area contributed by atoms with E-state index < -0.39 is 6.03 Å². The van der Waals surface area contributed by atoms with Crippen molar-refractivity contribution in [3.05, 3.63) is 29.8 Å². The Balaban J connectivity index is 2.17. The van der Waals surface area contributed by atoms with E-state index in [-0.39, 0.29) is 5.91 Å². The van der Waals surface area contributed by atoms with Crippen LogP contribution in [0.25, 0.3) is 0 Å². The number of nitrogens with one attached hydrogen (secondary N) is 1. The summed E-state index contributed by atoms with van der Waals surface area (Å²) in [5.74, 6) is 0.0321. The Kier molecular flexibility index (Phi) is 4.61. The molecule has 3 amide bonds. The van der Waals surface area contributed by atoms with Crippen LogP contribution in [0.5, 0.6) is 0 Å². The van der Waals surface area contributed by atoms with Crippen LogP contribution in [-0.4, -0.2) is 29.4 Å². The standard InChI is InChI=1S/C15H21N3O2/c1-2-13-8-3-4-9-18(13)14(19)11-6-5-7-12(10-11)17-15(16)20/h5-7,10,13H,2-4,8-9H2,1H3,(H3,16,17,20). The first kappa shape index (κ1) is 14.4. The van der Waals surface area contributed by atoms with Crippen LogP contribution >= 0.6 is 0 Å². The SMILES string of the molecule is CCC1CCCCN1C(=O)c1cccc(NC(N)=O)c1. The summed E-state index contributed by atoms with van der Waals surface area (Å²) >= 11 is 0. The van der Waals surface area contributed by atoms with E-state index >= 15 is 0 Å². The van der Waals surface area contributed by atoms with Crippen LogP contribution in [0.4, 0.5) is 10.5 Å². The van der Waals surface area contributed by atoms with Gasteiger partial charge in [-0.15, -0.1) is 0 Å². The largest absolute Gasteiger partial charge is 0.351 e. The molecule has 0 radical (unpaired) electrons. The number of nitrogens with two attached hydrogens (primary N) is 1. The zero-order chi connectivity index (χ0) is 14.5. The zero-order valence-electron chi connectivity index (χ0n) is 11.8. The number of carbonyl (C=O) groups excluding carboxylic acids is 2. The predicted octanol–water partition coefficient (Wildman–Crippen LogP) is 2.58. The first-order valence-corrected chi connectivity index (χ1v) is 7.09. The average molecular weight is 275 g/mol. The maximum absolute atomic E-state index is 12.6. The van der Waals surface area contributed by atoms with Gasteiger partial charge in [-0.2, -0.15) is 0 Å². The maximum atomic E-state index is 12.6. The van der Waals surface area contributed by atoms with Gasteiger partial charge in [-0.05, 0) is 43.9 Å². The molecular weight excluding hydrogens is 254 g/mol. The van der Waals surface area contributed by atoms with Crippen LogP contribution < -0.4 is 11.1 Å². The Labute approximate surface area is 119 Å². The van der Waals surface area contributed by atoms with Crippen molar-refractivity contribution < 1.29 is 9.59 Å². The van der Waals surface area contributed by atoms with Gasteiger partial charge in [0.05, 0.1) is 0 Å². The van der Waals surface area contributed by atoms with E-state index in [2.05, 4.69) is 12.2 Å². The van der Waals surface area contributed by atoms with Crippen LogP contribution in [0.1, 0.15) is 43.0 Å². The van der Waals surface area contributed by atoms with Gasteiger partial charge in [0.1, 0.15) is 0 Å². The van der Waals surface area contributed by atoms with Gasteiger partial charge >= 0.3 is 6.03 Å². The number of urea groups is 1. The molecule has 5 nitrogen and oxygen atoms in total. The number of anilines is 1. The molecular formula is C15H21N3O2. The van der Waals surface area contributed by atoms with Crippen LogP contribution in [0.2, 0.25) is 0 Å². The third kappa shape index (κ3) is 3.29. The Morgan fingerprint density at radius 2 is 2.20 bits per heavy atom. The second-order valence-corrected chi connectivity index (χ2v) is 5.13. The molecule has 0 saturated carbocycles. The molecule has 0 aliphatic carbocycles. The summed E-state index contributed by atoms with van der Waals surface area (Å²) in [5.41, 5.74) is 6.24. The van der Waals surface area contributed by atoms with Crippen molar-refractivity contribution in [2.24, 2.45) is 5.73 Å². The third-order valence-corrected chi connectivity index (χ3v) is 3.74. The van der Waals surface area contributed by atoms with E-state index in [0.29, 0.717) is 17.3 Å². The monoisotopic (exact) mass is 275 g/mol. The second kappa shape index (κ2) is 6.41. The van der Waals surface area contributed by atoms with Gasteiger partial charge in [-0.3, -0.25) is 4.79 Å². The third-order valence-electron chi connectivity index (χ3n) is 3.74. The lowest BCUT2D eigenvalue weighted by atomic mass is 9.99. The van der Waals surface area contributed by atoms with Crippen molar-refractivity contribution in [1.82, 2.24) is 4.90 Å². The Hall–Kier alpha value is -2.04. The summed E-state index contributed by atoms with van der Waals surface area (Å²) < 4.78 is 0. The lowest BCUT2D eigenvalue weighted by Crippen LogP contribution is -2.43. The normalized spacial score (nSPS) is 18.6. The van der Waals surface area contributed by atoms with Crippen molar-refractivity contribution in [3.8, 4) is 0 Å². The summed E-state index contributed by atoms with van der Waals surface area (Å²) in [4.78, 5) is 25.4. The van der Waals surface area contributed by atoms with Gasteiger partial charge < -0.3 is 16.0 Å². The molecule has 1 saturated heterocycles. The highest BCUT2D eigenvalue weighted by molar-refractivity contribution is 5.96. The summed E-state index contributed by atoms with van der Waals surface area (Å²) in [6.45, 7) is 2.92. The Morgan fingerprint density at radius 1 is 1.40 bits per heavy atom. The van der Waals surface area contributed by atoms with E-state index in [1.165, 1.54) is 6.42 Å². The van der Waals surface area contributed by atoms with Gasteiger partial charge in [-0.25, -0.2) is 4.79 Å². The fourth-order valence-electron chi connectivity index (χ4n) is 2.73. The molecule has 1 aliphatic heterocycles. The number of hydrogen-bond donors (Lipinski definition) is 2. The highest BCUT2D eigenvalue weighted by atomic mass is 16.2. The maximum Gasteiger partial charge on any atom is 0.316 e. The second-order valence-electron chi connectivity index (χ2n) is 5.13. The highest BCUT2D eigenvalue weighted by Crippen LogP contribution is 2.22. The van der Waals surface area contributed by atoms with Crippen LogP contribution in [0.15, 0.2) is 24.3 Å². The van der Waals surface area contributed by atoms with E-state index in [1.54, 1.807) is 24.3 Å². The number of carbonyl (C=O) groups is 2. The number of hydrogen-bond acceptors (Lipinski definition) is 2. The van der Waals surface area contributed by atoms with Gasteiger partial charge in [0.25, 0.3) is 5.91 Å². The number of benzene rings is 1. The molecule has 0 bridgehead atoms. The van der Waals surface area contributed by atoms with Crippen LogP contribution in [-0.2, 0) is 0 Å². The van der Waals surface area contributed by atoms with Gasteiger partial charge in [0.2, 0.25) is 0 Å². The molecule has 1 aromatic carbocycles. The number of likely N-dealkylation sites (tertiary alicyclic amines) is 1. The minimum atomic E-state index is -0.626. The molecule has 5 heteroatoms. The fraction of sp³-hybridized carbons (Fsp3) is 0.467. The number of piperidine rings is 1. The quantitative estimate of drug-likeness (QED) is 0.889. The lowest BCUT2D eigenvalue weighted by molar-refractivity contribution is 0.0608. The summed E-state index contributed by atoms with van der Waals surface area (Å²) in [6, 6.07) is 6.62. The van der Waals surface area contributed by atoms with Crippen LogP contribution in [0, 0.1) is 0 Å². The van der Waals surface area contributed by atoms with Crippen molar-refractivity contribution >= 4 is 17.6 Å². The minimum Gasteiger partial charge on any atom is -0.351 e. The van der Waals surface area contributed by atoms with E-state index in [1.807, 2.05) is 4.90 Å². The lowest BCUT2D eigenvalue weighted by Gasteiger charge is -2.35. The first-order valence-electron chi connectivity index (χ1n) is 7.09. The average Bonchev–Trinajstić information content (AvgIpc) is 2.46. The summed E-state index contributed by atoms with van der Waals surface area (Å²) in [7, 11) is 0. The molecule has 2 rings (SSSR count).